The molecule has 2 aromatic heterocycles. The Labute approximate surface area is 194 Å². The van der Waals surface area contributed by atoms with E-state index in [2.05, 4.69) is 50.4 Å². The molecule has 3 aromatic rings. The fourth-order valence-corrected chi connectivity index (χ4v) is 4.36. The lowest BCUT2D eigenvalue weighted by Crippen LogP contribution is -2.43. The molecule has 2 fully saturated rings. The highest BCUT2D eigenvalue weighted by Crippen LogP contribution is 2.47. The molecule has 0 amide bonds. The SMILES string of the molecule is Cc1cnc(Nc2cccc(CN3CCN(C)CC3)c2)nc1-c1cnn(CC2(CF)CC2)c1. The minimum Gasteiger partial charge on any atom is -0.324 e. The Balaban J connectivity index is 1.28. The quantitative estimate of drug-likeness (QED) is 0.563. The van der Waals surface area contributed by atoms with E-state index < -0.39 is 0 Å². The summed E-state index contributed by atoms with van der Waals surface area (Å²) in [6.45, 7) is 7.71. The Morgan fingerprint density at radius 3 is 2.70 bits per heavy atom. The zero-order valence-electron chi connectivity index (χ0n) is 19.5. The van der Waals surface area contributed by atoms with Crippen LogP contribution in [-0.4, -0.2) is 69.4 Å². The molecule has 1 saturated heterocycles. The molecular formula is C25H32FN7. The van der Waals surface area contributed by atoms with Gasteiger partial charge in [-0.2, -0.15) is 5.10 Å². The number of alkyl halides is 1. The molecule has 0 atom stereocenters. The molecule has 0 unspecified atom stereocenters. The molecule has 33 heavy (non-hydrogen) atoms. The largest absolute Gasteiger partial charge is 0.324 e. The Hall–Kier alpha value is -2.84. The molecule has 0 bridgehead atoms. The maximum absolute atomic E-state index is 13.3. The van der Waals surface area contributed by atoms with Crippen molar-refractivity contribution in [3.05, 3.63) is 54.0 Å². The summed E-state index contributed by atoms with van der Waals surface area (Å²) in [7, 11) is 2.18. The fourth-order valence-electron chi connectivity index (χ4n) is 4.36. The van der Waals surface area contributed by atoms with Crippen LogP contribution in [0.5, 0.6) is 0 Å². The second-order valence-electron chi connectivity index (χ2n) is 9.69. The van der Waals surface area contributed by atoms with Crippen LogP contribution in [0.1, 0.15) is 24.0 Å². The van der Waals surface area contributed by atoms with E-state index in [0.717, 1.165) is 68.1 Å². The summed E-state index contributed by atoms with van der Waals surface area (Å²) in [6, 6.07) is 8.46. The highest BCUT2D eigenvalue weighted by molar-refractivity contribution is 5.64. The number of nitrogens with zero attached hydrogens (tertiary/aromatic N) is 6. The van der Waals surface area contributed by atoms with Gasteiger partial charge in [0.2, 0.25) is 5.95 Å². The molecule has 8 heteroatoms. The predicted octanol–water partition coefficient (Wildman–Crippen LogP) is 3.89. The average Bonchev–Trinajstić information content (AvgIpc) is 3.44. The Bertz CT molecular complexity index is 1100. The van der Waals surface area contributed by atoms with Crippen LogP contribution in [0.4, 0.5) is 16.0 Å². The van der Waals surface area contributed by atoms with E-state index in [1.54, 1.807) is 0 Å². The van der Waals surface area contributed by atoms with Gasteiger partial charge in [-0.05, 0) is 50.1 Å². The molecule has 3 heterocycles. The number of anilines is 2. The van der Waals surface area contributed by atoms with Crippen molar-refractivity contribution in [1.82, 2.24) is 29.5 Å². The number of hydrogen-bond acceptors (Lipinski definition) is 6. The van der Waals surface area contributed by atoms with Gasteiger partial charge in [-0.25, -0.2) is 9.97 Å². The summed E-state index contributed by atoms with van der Waals surface area (Å²) in [6.07, 6.45) is 7.48. The minimum absolute atomic E-state index is 0.203. The number of benzene rings is 1. The van der Waals surface area contributed by atoms with Gasteiger partial charge < -0.3 is 10.2 Å². The molecule has 0 radical (unpaired) electrons. The number of aryl methyl sites for hydroxylation is 1. The summed E-state index contributed by atoms with van der Waals surface area (Å²) in [5.74, 6) is 0.558. The Morgan fingerprint density at radius 1 is 1.12 bits per heavy atom. The number of rotatable bonds is 8. The number of nitrogens with one attached hydrogen (secondary N) is 1. The van der Waals surface area contributed by atoms with Gasteiger partial charge in [-0.15, -0.1) is 0 Å². The molecule has 1 aliphatic heterocycles. The maximum atomic E-state index is 13.3. The molecule has 1 saturated carbocycles. The highest BCUT2D eigenvalue weighted by atomic mass is 19.1. The second-order valence-corrected chi connectivity index (χ2v) is 9.69. The lowest BCUT2D eigenvalue weighted by Gasteiger charge is -2.32. The fraction of sp³-hybridized carbons (Fsp3) is 0.480. The topological polar surface area (TPSA) is 62.1 Å². The third-order valence-corrected chi connectivity index (χ3v) is 6.80. The smallest absolute Gasteiger partial charge is 0.227 e. The first kappa shape index (κ1) is 22.0. The third-order valence-electron chi connectivity index (χ3n) is 6.80. The van der Waals surface area contributed by atoms with Gasteiger partial charge in [0.25, 0.3) is 0 Å². The molecule has 174 valence electrons. The standard InChI is InChI=1S/C25H32FN7/c1-19-13-27-24(30-23(19)21-14-28-33(16-21)18-25(17-26)6-7-25)29-22-5-3-4-20(12-22)15-32-10-8-31(2)9-11-32/h3-5,12-14,16H,6-11,15,17-18H2,1-2H3,(H,27,29,30). The van der Waals surface area contributed by atoms with E-state index in [1.807, 2.05) is 36.3 Å². The van der Waals surface area contributed by atoms with Crippen LogP contribution in [0, 0.1) is 12.3 Å². The lowest BCUT2D eigenvalue weighted by molar-refractivity contribution is 0.148. The van der Waals surface area contributed by atoms with Crippen molar-refractivity contribution in [2.45, 2.75) is 32.9 Å². The van der Waals surface area contributed by atoms with Crippen molar-refractivity contribution in [2.24, 2.45) is 5.41 Å². The molecule has 7 nitrogen and oxygen atoms in total. The van der Waals surface area contributed by atoms with Crippen molar-refractivity contribution in [1.29, 1.82) is 0 Å². The summed E-state index contributed by atoms with van der Waals surface area (Å²) in [5, 5.41) is 7.82. The first-order chi connectivity index (χ1) is 16.0. The van der Waals surface area contributed by atoms with Gasteiger partial charge in [-0.3, -0.25) is 14.0 Å². The van der Waals surface area contributed by atoms with Crippen LogP contribution in [0.3, 0.4) is 0 Å². The van der Waals surface area contributed by atoms with E-state index in [4.69, 9.17) is 4.98 Å². The third kappa shape index (κ3) is 5.23. The van der Waals surface area contributed by atoms with Gasteiger partial charge in [-0.1, -0.05) is 12.1 Å². The number of halogens is 1. The first-order valence-electron chi connectivity index (χ1n) is 11.7. The zero-order chi connectivity index (χ0) is 22.8. The molecule has 1 aliphatic carbocycles. The summed E-state index contributed by atoms with van der Waals surface area (Å²) in [4.78, 5) is 14.1. The van der Waals surface area contributed by atoms with Crippen molar-refractivity contribution >= 4 is 11.6 Å². The molecular weight excluding hydrogens is 417 g/mol. The van der Waals surface area contributed by atoms with Crippen LogP contribution in [-0.2, 0) is 13.1 Å². The minimum atomic E-state index is -0.281. The molecule has 2 aliphatic rings. The van der Waals surface area contributed by atoms with E-state index in [1.165, 1.54) is 5.56 Å². The van der Waals surface area contributed by atoms with Gasteiger partial charge in [0.15, 0.2) is 0 Å². The molecule has 5 rings (SSSR count). The second kappa shape index (κ2) is 9.19. The summed E-state index contributed by atoms with van der Waals surface area (Å²) >= 11 is 0. The van der Waals surface area contributed by atoms with Gasteiger partial charge in [0, 0.05) is 68.3 Å². The van der Waals surface area contributed by atoms with Crippen LogP contribution < -0.4 is 5.32 Å². The van der Waals surface area contributed by atoms with Gasteiger partial charge in [0.1, 0.15) is 0 Å². The van der Waals surface area contributed by atoms with Crippen molar-refractivity contribution in [2.75, 3.05) is 45.2 Å². The van der Waals surface area contributed by atoms with Crippen molar-refractivity contribution in [3.8, 4) is 11.3 Å². The monoisotopic (exact) mass is 449 g/mol. The Morgan fingerprint density at radius 2 is 1.94 bits per heavy atom. The van der Waals surface area contributed by atoms with Crippen LogP contribution in [0.2, 0.25) is 0 Å². The van der Waals surface area contributed by atoms with Gasteiger partial charge >= 0.3 is 0 Å². The first-order valence-corrected chi connectivity index (χ1v) is 11.7. The predicted molar refractivity (Wildman–Crippen MR) is 128 cm³/mol. The van der Waals surface area contributed by atoms with E-state index in [-0.39, 0.29) is 12.1 Å². The number of hydrogen-bond donors (Lipinski definition) is 1. The summed E-state index contributed by atoms with van der Waals surface area (Å²) in [5.41, 5.74) is 4.81. The molecule has 1 N–H and O–H groups in total. The van der Waals surface area contributed by atoms with Crippen molar-refractivity contribution in [3.63, 3.8) is 0 Å². The zero-order valence-corrected chi connectivity index (χ0v) is 19.5. The van der Waals surface area contributed by atoms with Crippen LogP contribution >= 0.6 is 0 Å². The number of likely N-dealkylation sites (N-methyl/N-ethyl adjacent to an activating group) is 1. The summed E-state index contributed by atoms with van der Waals surface area (Å²) < 4.78 is 15.1. The lowest BCUT2D eigenvalue weighted by atomic mass is 10.1. The van der Waals surface area contributed by atoms with Crippen molar-refractivity contribution < 1.29 is 4.39 Å². The van der Waals surface area contributed by atoms with Crippen LogP contribution in [0.15, 0.2) is 42.9 Å². The molecule has 1 aromatic carbocycles. The number of piperazine rings is 1. The molecule has 0 spiro atoms. The van der Waals surface area contributed by atoms with E-state index in [9.17, 15) is 4.39 Å². The van der Waals surface area contributed by atoms with Crippen LogP contribution in [0.25, 0.3) is 11.3 Å². The van der Waals surface area contributed by atoms with E-state index >= 15 is 0 Å². The maximum Gasteiger partial charge on any atom is 0.227 e. The normalized spacial score (nSPS) is 18.4. The number of aromatic nitrogens is 4. The van der Waals surface area contributed by atoms with Gasteiger partial charge in [0.05, 0.1) is 18.6 Å². The average molecular weight is 450 g/mol. The van der Waals surface area contributed by atoms with E-state index in [0.29, 0.717) is 12.5 Å². The highest BCUT2D eigenvalue weighted by Gasteiger charge is 2.43. The Kier molecular flexibility index (Phi) is 6.12.